The molecule has 1 unspecified atom stereocenters. The zero-order valence-electron chi connectivity index (χ0n) is 36.2. The summed E-state index contributed by atoms with van der Waals surface area (Å²) in [7, 11) is 0. The van der Waals surface area contributed by atoms with Crippen LogP contribution in [0.2, 0.25) is 0 Å². The summed E-state index contributed by atoms with van der Waals surface area (Å²) in [5, 5.41) is 20.1. The third-order valence-corrected chi connectivity index (χ3v) is 10.6. The second kappa shape index (κ2) is 20.8. The van der Waals surface area contributed by atoms with Crippen LogP contribution in [0, 0.1) is 5.92 Å². The molecule has 17 heteroatoms. The molecule has 1 atom stereocenters. The van der Waals surface area contributed by atoms with Crippen LogP contribution in [-0.4, -0.2) is 82.5 Å². The number of anilines is 2. The monoisotopic (exact) mass is 851 g/mol. The highest BCUT2D eigenvalue weighted by Gasteiger charge is 2.34. The van der Waals surface area contributed by atoms with Crippen molar-refractivity contribution >= 4 is 47.5 Å². The van der Waals surface area contributed by atoms with Crippen molar-refractivity contribution < 1.29 is 38.2 Å². The number of carbonyl (C=O) groups excluding carboxylic acids is 6. The fourth-order valence-electron chi connectivity index (χ4n) is 7.05. The third kappa shape index (κ3) is 12.2. The highest BCUT2D eigenvalue weighted by molar-refractivity contribution is 6.00. The van der Waals surface area contributed by atoms with E-state index in [0.29, 0.717) is 55.0 Å². The first-order chi connectivity index (χ1) is 29.5. The van der Waals surface area contributed by atoms with Gasteiger partial charge in [0, 0.05) is 42.8 Å². The molecule has 1 aliphatic heterocycles. The second-order valence-electron chi connectivity index (χ2n) is 16.7. The van der Waals surface area contributed by atoms with Crippen LogP contribution in [0.5, 0.6) is 0 Å². The van der Waals surface area contributed by atoms with E-state index in [1.807, 2.05) is 80.9 Å². The predicted molar refractivity (Wildman–Crippen MR) is 233 cm³/mol. The summed E-state index contributed by atoms with van der Waals surface area (Å²) in [4.78, 5) is 75.8. The number of hydrogen-bond donors (Lipinski definition) is 5. The molecule has 5 rings (SSSR count). The van der Waals surface area contributed by atoms with E-state index in [1.54, 1.807) is 29.2 Å². The molecule has 0 saturated carbocycles. The Balaban J connectivity index is 1.17. The molecule has 1 aromatic heterocycles. The molecule has 6 N–H and O–H groups in total. The van der Waals surface area contributed by atoms with Gasteiger partial charge in [-0.1, -0.05) is 73.7 Å². The van der Waals surface area contributed by atoms with E-state index in [0.717, 1.165) is 22.4 Å². The quantitative estimate of drug-likeness (QED) is 0.0604. The largest absolute Gasteiger partial charge is 0.445 e. The molecule has 1 aliphatic rings. The molecule has 4 aromatic rings. The molecule has 17 nitrogen and oxygen atoms in total. The summed E-state index contributed by atoms with van der Waals surface area (Å²) in [5.41, 5.74) is 9.67. The second-order valence-corrected chi connectivity index (χ2v) is 16.7. The van der Waals surface area contributed by atoms with Gasteiger partial charge in [0.25, 0.3) is 0 Å². The van der Waals surface area contributed by atoms with E-state index in [2.05, 4.69) is 35.1 Å². The van der Waals surface area contributed by atoms with E-state index in [9.17, 15) is 28.8 Å². The molecule has 0 radical (unpaired) electrons. The Kier molecular flexibility index (Phi) is 15.6. The number of nitrogens with two attached hydrogens (primary N) is 1. The highest BCUT2D eigenvalue weighted by Crippen LogP contribution is 2.43. The Morgan fingerprint density at radius 3 is 2.27 bits per heavy atom. The number of aromatic nitrogens is 3. The first-order valence-electron chi connectivity index (χ1n) is 20.6. The number of ether oxygens (including phenoxy) is 2. The molecular weight excluding hydrogens is 795 g/mol. The van der Waals surface area contributed by atoms with Crippen LogP contribution in [0.15, 0.2) is 72.8 Å². The lowest BCUT2D eigenvalue weighted by Gasteiger charge is -2.32. The number of fused-ring (bicyclic) bond motifs is 5. The maximum atomic E-state index is 13.5. The maximum absolute atomic E-state index is 13.5. The lowest BCUT2D eigenvalue weighted by Crippen LogP contribution is -2.51. The Labute approximate surface area is 361 Å². The summed E-state index contributed by atoms with van der Waals surface area (Å²) in [6.07, 6.45) is 0.874. The van der Waals surface area contributed by atoms with E-state index in [4.69, 9.17) is 25.5 Å². The zero-order valence-corrected chi connectivity index (χ0v) is 36.2. The lowest BCUT2D eigenvalue weighted by molar-refractivity contribution is -0.131. The van der Waals surface area contributed by atoms with Gasteiger partial charge in [0.05, 0.1) is 35.6 Å². The minimum absolute atomic E-state index is 0.00249. The van der Waals surface area contributed by atoms with Gasteiger partial charge in [-0.3, -0.25) is 24.0 Å². The SMILES string of the molecule is CC(C)C(NC(=O)CCC(C)(C)OCCC(C)(C)n1nnc2c1-c1ccccc1CN(C(=O)CCNC=O)c1ccccc1-2)C(=O)NCC(=O)Nc1ccc(COC(N)=O)cc1. The fraction of sp³-hybridized carbons (Fsp3) is 0.422. The molecule has 62 heavy (non-hydrogen) atoms. The number of nitrogens with one attached hydrogen (secondary N) is 4. The van der Waals surface area contributed by atoms with Crippen LogP contribution in [0.4, 0.5) is 16.2 Å². The molecule has 0 saturated heterocycles. The van der Waals surface area contributed by atoms with Crippen LogP contribution in [0.3, 0.4) is 0 Å². The van der Waals surface area contributed by atoms with Crippen LogP contribution >= 0.6 is 0 Å². The number of carbonyl (C=O) groups is 6. The first kappa shape index (κ1) is 46.4. The van der Waals surface area contributed by atoms with Gasteiger partial charge in [0.2, 0.25) is 30.0 Å². The van der Waals surface area contributed by atoms with Crippen molar-refractivity contribution in [2.45, 2.75) is 97.6 Å². The third-order valence-electron chi connectivity index (χ3n) is 10.6. The van der Waals surface area contributed by atoms with Crippen LogP contribution in [-0.2, 0) is 52.1 Å². The summed E-state index contributed by atoms with van der Waals surface area (Å²) < 4.78 is 13.1. The Bertz CT molecular complexity index is 2240. The molecular formula is C45H57N9O8. The highest BCUT2D eigenvalue weighted by atomic mass is 16.5. The molecule has 0 bridgehead atoms. The summed E-state index contributed by atoms with van der Waals surface area (Å²) >= 11 is 0. The van der Waals surface area contributed by atoms with E-state index < -0.39 is 35.1 Å². The normalized spacial score (nSPS) is 12.7. The summed E-state index contributed by atoms with van der Waals surface area (Å²) in [5.74, 6) is -1.64. The van der Waals surface area contributed by atoms with Gasteiger partial charge in [-0.25, -0.2) is 9.48 Å². The fourth-order valence-corrected chi connectivity index (χ4v) is 7.05. The van der Waals surface area contributed by atoms with Gasteiger partial charge in [0.15, 0.2) is 0 Å². The Morgan fingerprint density at radius 1 is 0.887 bits per heavy atom. The van der Waals surface area contributed by atoms with Gasteiger partial charge in [-0.15, -0.1) is 5.10 Å². The molecule has 3 aromatic carbocycles. The lowest BCUT2D eigenvalue weighted by atomic mass is 9.93. The van der Waals surface area contributed by atoms with Crippen molar-refractivity contribution in [2.24, 2.45) is 11.7 Å². The van der Waals surface area contributed by atoms with Crippen molar-refractivity contribution in [3.8, 4) is 22.5 Å². The molecule has 0 spiro atoms. The minimum atomic E-state index is -0.887. The topological polar surface area (TPSA) is 229 Å². The van der Waals surface area contributed by atoms with E-state index >= 15 is 0 Å². The van der Waals surface area contributed by atoms with Gasteiger partial charge in [0.1, 0.15) is 18.3 Å². The van der Waals surface area contributed by atoms with Gasteiger partial charge >= 0.3 is 6.09 Å². The minimum Gasteiger partial charge on any atom is -0.445 e. The van der Waals surface area contributed by atoms with Crippen molar-refractivity contribution in [1.82, 2.24) is 30.9 Å². The average Bonchev–Trinajstić information content (AvgIpc) is 3.68. The van der Waals surface area contributed by atoms with Gasteiger partial charge < -0.3 is 41.4 Å². The molecule has 330 valence electrons. The number of rotatable bonds is 20. The summed E-state index contributed by atoms with van der Waals surface area (Å²) in [6.45, 7) is 12.2. The smallest absolute Gasteiger partial charge is 0.404 e. The van der Waals surface area contributed by atoms with Gasteiger partial charge in [-0.05, 0) is 75.8 Å². The standard InChI is InChI=1S/C45H57N9O8/c1-29(2)39(42(59)48-25-37(57)49-32-17-15-30(16-18-32)27-61-43(46)60)50-36(56)19-21-45(5,6)62-24-22-44(3,4)54-41-33-12-8-7-11-31(33)26-53(38(58)20-23-47-28-55)35-14-10-9-13-34(35)40(41)51-52-54/h7-18,28-29,39H,19-27H2,1-6H3,(H2,46,60)(H,47,55)(H,48,59)(H,49,57)(H,50,56). The van der Waals surface area contributed by atoms with Crippen molar-refractivity contribution in [1.29, 1.82) is 0 Å². The molecule has 6 amide bonds. The predicted octanol–water partition coefficient (Wildman–Crippen LogP) is 4.79. The Hall–Kier alpha value is -6.62. The van der Waals surface area contributed by atoms with Crippen molar-refractivity contribution in [3.63, 3.8) is 0 Å². The van der Waals surface area contributed by atoms with Crippen molar-refractivity contribution in [2.75, 3.05) is 29.9 Å². The Morgan fingerprint density at radius 2 is 1.58 bits per heavy atom. The van der Waals surface area contributed by atoms with Crippen LogP contribution in [0.1, 0.15) is 78.4 Å². The number of hydrogen-bond acceptors (Lipinski definition) is 10. The number of benzene rings is 3. The zero-order chi connectivity index (χ0) is 45.0. The van der Waals surface area contributed by atoms with Crippen molar-refractivity contribution in [3.05, 3.63) is 83.9 Å². The van der Waals surface area contributed by atoms with E-state index in [1.165, 1.54) is 0 Å². The van der Waals surface area contributed by atoms with E-state index in [-0.39, 0.29) is 50.3 Å². The van der Waals surface area contributed by atoms with Crippen LogP contribution < -0.4 is 31.9 Å². The average molecular weight is 852 g/mol. The maximum Gasteiger partial charge on any atom is 0.404 e. The molecule has 0 aliphatic carbocycles. The summed E-state index contributed by atoms with van der Waals surface area (Å²) in [6, 6.07) is 21.3. The number of para-hydroxylation sites is 1. The van der Waals surface area contributed by atoms with Crippen LogP contribution in [0.25, 0.3) is 22.5 Å². The number of primary amides is 1. The number of amides is 6. The molecule has 0 fully saturated rings. The van der Waals surface area contributed by atoms with Gasteiger partial charge in [-0.2, -0.15) is 0 Å². The molecule has 2 heterocycles. The first-order valence-corrected chi connectivity index (χ1v) is 20.6. The number of nitrogens with zero attached hydrogens (tertiary/aromatic N) is 4.